The minimum atomic E-state index is -0.517. The lowest BCUT2D eigenvalue weighted by atomic mass is 9.92. The Labute approximate surface area is 115 Å². The molecule has 4 heteroatoms. The molecule has 0 amide bonds. The first kappa shape index (κ1) is 13.9. The molecule has 0 heterocycles. The van der Waals surface area contributed by atoms with E-state index < -0.39 is 11.6 Å². The first-order chi connectivity index (χ1) is 8.49. The molecule has 0 bridgehead atoms. The normalized spacial score (nSPS) is 25.4. The summed E-state index contributed by atoms with van der Waals surface area (Å²) >= 11 is 3.08. The van der Waals surface area contributed by atoms with Crippen LogP contribution < -0.4 is 5.73 Å². The van der Waals surface area contributed by atoms with E-state index in [9.17, 15) is 8.78 Å². The van der Waals surface area contributed by atoms with E-state index in [-0.39, 0.29) is 18.0 Å². The van der Waals surface area contributed by atoms with Crippen LogP contribution in [-0.4, -0.2) is 6.04 Å². The highest BCUT2D eigenvalue weighted by Gasteiger charge is 2.28. The third kappa shape index (κ3) is 2.91. The van der Waals surface area contributed by atoms with Gasteiger partial charge < -0.3 is 5.73 Å². The van der Waals surface area contributed by atoms with Crippen LogP contribution >= 0.6 is 15.9 Å². The minimum Gasteiger partial charge on any atom is -0.327 e. The number of nitrogens with two attached hydrogens (primary N) is 1. The van der Waals surface area contributed by atoms with Crippen molar-refractivity contribution in [2.45, 2.75) is 38.6 Å². The monoisotopic (exact) mass is 317 g/mol. The predicted octanol–water partition coefficient (Wildman–Crippen LogP) is 4.03. The molecule has 100 valence electrons. The van der Waals surface area contributed by atoms with E-state index in [1.54, 1.807) is 0 Å². The molecule has 18 heavy (non-hydrogen) atoms. The second-order valence-corrected chi connectivity index (χ2v) is 6.22. The van der Waals surface area contributed by atoms with Gasteiger partial charge in [-0.15, -0.1) is 0 Å². The smallest absolute Gasteiger partial charge is 0.143 e. The van der Waals surface area contributed by atoms with Gasteiger partial charge in [0.05, 0.1) is 4.47 Å². The van der Waals surface area contributed by atoms with Crippen LogP contribution in [-0.2, 0) is 6.42 Å². The zero-order chi connectivity index (χ0) is 13.3. The standard InChI is InChI=1S/C14H18BrF2N/c1-8-2-3-9(6-8)13(18)7-10-12(16)5-4-11(15)14(10)17/h4-5,8-9,13H,2-3,6-7,18H2,1H3. The predicted molar refractivity (Wildman–Crippen MR) is 72.2 cm³/mol. The van der Waals surface area contributed by atoms with Crippen LogP contribution in [0.4, 0.5) is 8.78 Å². The van der Waals surface area contributed by atoms with Gasteiger partial charge in [0.2, 0.25) is 0 Å². The van der Waals surface area contributed by atoms with Crippen molar-refractivity contribution in [1.82, 2.24) is 0 Å². The fourth-order valence-corrected chi connectivity index (χ4v) is 3.17. The van der Waals surface area contributed by atoms with Crippen LogP contribution in [0.25, 0.3) is 0 Å². The van der Waals surface area contributed by atoms with Gasteiger partial charge in [-0.05, 0) is 59.2 Å². The van der Waals surface area contributed by atoms with Crippen molar-refractivity contribution in [3.05, 3.63) is 33.8 Å². The topological polar surface area (TPSA) is 26.0 Å². The van der Waals surface area contributed by atoms with E-state index >= 15 is 0 Å². The molecule has 3 atom stereocenters. The Morgan fingerprint density at radius 3 is 2.72 bits per heavy atom. The van der Waals surface area contributed by atoms with Gasteiger partial charge in [0.25, 0.3) is 0 Å². The van der Waals surface area contributed by atoms with Gasteiger partial charge >= 0.3 is 0 Å². The van der Waals surface area contributed by atoms with Gasteiger partial charge in [0.1, 0.15) is 11.6 Å². The Kier molecular flexibility index (Phi) is 4.38. The highest BCUT2D eigenvalue weighted by atomic mass is 79.9. The molecule has 1 nitrogen and oxygen atoms in total. The molecule has 1 saturated carbocycles. The zero-order valence-electron chi connectivity index (χ0n) is 10.4. The molecule has 2 N–H and O–H groups in total. The van der Waals surface area contributed by atoms with Crippen LogP contribution in [0.15, 0.2) is 16.6 Å². The summed E-state index contributed by atoms with van der Waals surface area (Å²) in [5.41, 5.74) is 6.22. The van der Waals surface area contributed by atoms with Gasteiger partial charge in [-0.3, -0.25) is 0 Å². The summed E-state index contributed by atoms with van der Waals surface area (Å²) in [6.45, 7) is 2.20. The minimum absolute atomic E-state index is 0.108. The molecule has 2 rings (SSSR count). The number of halogens is 3. The summed E-state index contributed by atoms with van der Waals surface area (Å²) in [6.07, 6.45) is 3.58. The quantitative estimate of drug-likeness (QED) is 0.837. The molecule has 3 unspecified atom stereocenters. The Morgan fingerprint density at radius 2 is 2.11 bits per heavy atom. The van der Waals surface area contributed by atoms with E-state index in [2.05, 4.69) is 22.9 Å². The van der Waals surface area contributed by atoms with Crippen LogP contribution in [0.2, 0.25) is 0 Å². The molecule has 0 radical (unpaired) electrons. The fraction of sp³-hybridized carbons (Fsp3) is 0.571. The van der Waals surface area contributed by atoms with Crippen molar-refractivity contribution in [2.24, 2.45) is 17.6 Å². The van der Waals surface area contributed by atoms with Crippen molar-refractivity contribution in [3.63, 3.8) is 0 Å². The lowest BCUT2D eigenvalue weighted by Gasteiger charge is -2.20. The van der Waals surface area contributed by atoms with Crippen molar-refractivity contribution < 1.29 is 8.78 Å². The summed E-state index contributed by atoms with van der Waals surface area (Å²) in [7, 11) is 0. The Bertz CT molecular complexity index is 436. The summed E-state index contributed by atoms with van der Waals surface area (Å²) in [4.78, 5) is 0. The molecular formula is C14H18BrF2N. The van der Waals surface area contributed by atoms with Crippen molar-refractivity contribution in [1.29, 1.82) is 0 Å². The van der Waals surface area contributed by atoms with E-state index in [1.807, 2.05) is 0 Å². The van der Waals surface area contributed by atoms with E-state index in [1.165, 1.54) is 18.6 Å². The van der Waals surface area contributed by atoms with Gasteiger partial charge in [-0.1, -0.05) is 13.3 Å². The van der Waals surface area contributed by atoms with E-state index in [4.69, 9.17) is 5.73 Å². The highest BCUT2D eigenvalue weighted by molar-refractivity contribution is 9.10. The lowest BCUT2D eigenvalue weighted by Crippen LogP contribution is -2.31. The maximum atomic E-state index is 13.8. The SMILES string of the molecule is CC1CCC(C(N)Cc2c(F)ccc(Br)c2F)C1. The molecule has 1 aromatic rings. The Hall–Kier alpha value is -0.480. The van der Waals surface area contributed by atoms with Gasteiger partial charge in [-0.25, -0.2) is 8.78 Å². The first-order valence-electron chi connectivity index (χ1n) is 6.37. The number of hydrogen-bond acceptors (Lipinski definition) is 1. The second kappa shape index (κ2) is 5.66. The van der Waals surface area contributed by atoms with Crippen LogP contribution in [0.1, 0.15) is 31.7 Å². The molecule has 0 saturated heterocycles. The summed E-state index contributed by atoms with van der Waals surface area (Å²) in [5, 5.41) is 0. The average molecular weight is 318 g/mol. The van der Waals surface area contributed by atoms with E-state index in [0.29, 0.717) is 16.3 Å². The van der Waals surface area contributed by atoms with Crippen molar-refractivity contribution >= 4 is 15.9 Å². The van der Waals surface area contributed by atoms with E-state index in [0.717, 1.165) is 12.8 Å². The first-order valence-corrected chi connectivity index (χ1v) is 7.16. The van der Waals surface area contributed by atoms with Crippen molar-refractivity contribution in [2.75, 3.05) is 0 Å². The van der Waals surface area contributed by atoms with Crippen LogP contribution in [0.3, 0.4) is 0 Å². The van der Waals surface area contributed by atoms with Gasteiger partial charge in [0, 0.05) is 11.6 Å². The molecule has 1 aromatic carbocycles. The van der Waals surface area contributed by atoms with Gasteiger partial charge in [-0.2, -0.15) is 0 Å². The number of benzene rings is 1. The maximum absolute atomic E-state index is 13.8. The maximum Gasteiger partial charge on any atom is 0.143 e. The molecule has 1 aliphatic rings. The molecule has 0 spiro atoms. The van der Waals surface area contributed by atoms with Crippen LogP contribution in [0.5, 0.6) is 0 Å². The second-order valence-electron chi connectivity index (χ2n) is 5.37. The molecule has 1 fully saturated rings. The molecule has 0 aromatic heterocycles. The van der Waals surface area contributed by atoms with Crippen LogP contribution in [0, 0.1) is 23.5 Å². The van der Waals surface area contributed by atoms with Gasteiger partial charge in [0.15, 0.2) is 0 Å². The molecular weight excluding hydrogens is 300 g/mol. The van der Waals surface area contributed by atoms with Crippen molar-refractivity contribution in [3.8, 4) is 0 Å². The molecule has 0 aliphatic heterocycles. The summed E-state index contributed by atoms with van der Waals surface area (Å²) in [6, 6.07) is 2.51. The Balaban J connectivity index is 2.12. The third-order valence-corrected chi connectivity index (χ3v) is 4.53. The Morgan fingerprint density at radius 1 is 1.39 bits per heavy atom. The number of rotatable bonds is 3. The largest absolute Gasteiger partial charge is 0.327 e. The fourth-order valence-electron chi connectivity index (χ4n) is 2.80. The molecule has 1 aliphatic carbocycles. The lowest BCUT2D eigenvalue weighted by molar-refractivity contribution is 0.404. The third-order valence-electron chi connectivity index (χ3n) is 3.92. The zero-order valence-corrected chi connectivity index (χ0v) is 12.0. The average Bonchev–Trinajstić information content (AvgIpc) is 2.76. The number of hydrogen-bond donors (Lipinski definition) is 1. The summed E-state index contributed by atoms with van der Waals surface area (Å²) < 4.78 is 27.8. The highest BCUT2D eigenvalue weighted by Crippen LogP contribution is 2.33. The summed E-state index contributed by atoms with van der Waals surface area (Å²) in [5.74, 6) is 0.0460.